The van der Waals surface area contributed by atoms with E-state index in [0.29, 0.717) is 0 Å². The summed E-state index contributed by atoms with van der Waals surface area (Å²) in [6, 6.07) is 10.3. The van der Waals surface area contributed by atoms with Crippen LogP contribution in [0.2, 0.25) is 0 Å². The van der Waals surface area contributed by atoms with E-state index in [1.54, 1.807) is 6.20 Å². The molecular weight excluding hydrogens is 210 g/mol. The van der Waals surface area contributed by atoms with Gasteiger partial charge in [0.15, 0.2) is 0 Å². The van der Waals surface area contributed by atoms with Crippen molar-refractivity contribution in [3.8, 4) is 0 Å². The minimum atomic E-state index is 1.04. The maximum atomic E-state index is 4.13. The third-order valence-corrected chi connectivity index (χ3v) is 2.68. The average Bonchev–Trinajstić information content (AvgIpc) is 2.32. The number of pyridine rings is 1. The summed E-state index contributed by atoms with van der Waals surface area (Å²) in [5.41, 5.74) is 4.49. The van der Waals surface area contributed by atoms with Crippen LogP contribution in [0.4, 0.5) is 17.1 Å². The van der Waals surface area contributed by atoms with Gasteiger partial charge in [0, 0.05) is 31.7 Å². The highest BCUT2D eigenvalue weighted by molar-refractivity contribution is 5.66. The zero-order chi connectivity index (χ0) is 12.3. The lowest BCUT2D eigenvalue weighted by Gasteiger charge is -2.15. The van der Waals surface area contributed by atoms with Crippen LogP contribution in [0.3, 0.4) is 0 Å². The highest BCUT2D eigenvalue weighted by Gasteiger charge is 2.00. The molecule has 1 heterocycles. The topological polar surface area (TPSA) is 28.2 Å². The lowest BCUT2D eigenvalue weighted by molar-refractivity contribution is 1.13. The van der Waals surface area contributed by atoms with Crippen molar-refractivity contribution >= 4 is 17.1 Å². The molecule has 0 aliphatic heterocycles. The second kappa shape index (κ2) is 4.87. The van der Waals surface area contributed by atoms with E-state index in [9.17, 15) is 0 Å². The molecule has 0 aliphatic rings. The molecule has 0 unspecified atom stereocenters. The van der Waals surface area contributed by atoms with Crippen molar-refractivity contribution in [2.24, 2.45) is 0 Å². The van der Waals surface area contributed by atoms with E-state index in [1.165, 1.54) is 11.3 Å². The second-order valence-electron chi connectivity index (χ2n) is 4.26. The van der Waals surface area contributed by atoms with Gasteiger partial charge in [-0.3, -0.25) is 4.98 Å². The summed E-state index contributed by atoms with van der Waals surface area (Å²) in [6.07, 6.45) is 3.65. The van der Waals surface area contributed by atoms with E-state index >= 15 is 0 Å². The van der Waals surface area contributed by atoms with Gasteiger partial charge in [-0.05, 0) is 36.8 Å². The van der Waals surface area contributed by atoms with Gasteiger partial charge in [0.25, 0.3) is 0 Å². The molecule has 0 aliphatic carbocycles. The van der Waals surface area contributed by atoms with Gasteiger partial charge in [-0.1, -0.05) is 6.07 Å². The Kier molecular flexibility index (Phi) is 3.28. The van der Waals surface area contributed by atoms with E-state index < -0.39 is 0 Å². The first-order valence-electron chi connectivity index (χ1n) is 5.62. The summed E-state index contributed by atoms with van der Waals surface area (Å²) in [5, 5.41) is 3.38. The molecule has 0 amide bonds. The van der Waals surface area contributed by atoms with Crippen molar-refractivity contribution in [3.05, 3.63) is 48.3 Å². The van der Waals surface area contributed by atoms with E-state index in [2.05, 4.69) is 40.3 Å². The molecule has 0 saturated carbocycles. The van der Waals surface area contributed by atoms with Gasteiger partial charge in [-0.25, -0.2) is 0 Å². The molecule has 88 valence electrons. The van der Waals surface area contributed by atoms with E-state index in [1.807, 2.05) is 32.4 Å². The molecule has 0 fully saturated rings. The Morgan fingerprint density at radius 2 is 2.00 bits per heavy atom. The summed E-state index contributed by atoms with van der Waals surface area (Å²) in [7, 11) is 4.07. The van der Waals surface area contributed by atoms with Gasteiger partial charge < -0.3 is 10.2 Å². The fourth-order valence-electron chi connectivity index (χ4n) is 1.61. The lowest BCUT2D eigenvalue weighted by Crippen LogP contribution is -2.08. The van der Waals surface area contributed by atoms with Gasteiger partial charge in [-0.2, -0.15) is 0 Å². The van der Waals surface area contributed by atoms with Gasteiger partial charge in [0.05, 0.1) is 11.9 Å². The fourth-order valence-corrected chi connectivity index (χ4v) is 1.61. The molecule has 0 spiro atoms. The standard InChI is InChI=1S/C14H17N3/c1-11-7-8-15-10-14(11)16-12-5-4-6-13(9-12)17(2)3/h4-10,16H,1-3H3. The Hall–Kier alpha value is -2.03. The number of nitrogens with one attached hydrogen (secondary N) is 1. The zero-order valence-corrected chi connectivity index (χ0v) is 10.4. The lowest BCUT2D eigenvalue weighted by atomic mass is 10.2. The smallest absolute Gasteiger partial charge is 0.0600 e. The number of nitrogens with zero attached hydrogens (tertiary/aromatic N) is 2. The Morgan fingerprint density at radius 3 is 2.71 bits per heavy atom. The third kappa shape index (κ3) is 2.75. The number of aromatic nitrogens is 1. The number of hydrogen-bond donors (Lipinski definition) is 1. The van der Waals surface area contributed by atoms with Crippen LogP contribution in [0, 0.1) is 6.92 Å². The van der Waals surface area contributed by atoms with Crippen LogP contribution in [0.1, 0.15) is 5.56 Å². The minimum Gasteiger partial charge on any atom is -0.378 e. The third-order valence-electron chi connectivity index (χ3n) is 2.68. The predicted molar refractivity (Wildman–Crippen MR) is 73.0 cm³/mol. The molecule has 2 aromatic rings. The highest BCUT2D eigenvalue weighted by atomic mass is 15.1. The summed E-state index contributed by atoms with van der Waals surface area (Å²) >= 11 is 0. The summed E-state index contributed by atoms with van der Waals surface area (Å²) in [5.74, 6) is 0. The summed E-state index contributed by atoms with van der Waals surface area (Å²) in [4.78, 5) is 6.21. The maximum Gasteiger partial charge on any atom is 0.0600 e. The Bertz CT molecular complexity index is 506. The van der Waals surface area contributed by atoms with Crippen LogP contribution in [0.5, 0.6) is 0 Å². The molecule has 1 aromatic carbocycles. The molecular formula is C14H17N3. The van der Waals surface area contributed by atoms with Crippen LogP contribution in [-0.2, 0) is 0 Å². The van der Waals surface area contributed by atoms with E-state index in [4.69, 9.17) is 0 Å². The molecule has 1 aromatic heterocycles. The van der Waals surface area contributed by atoms with Crippen molar-refractivity contribution in [2.75, 3.05) is 24.3 Å². The molecule has 3 heteroatoms. The van der Waals surface area contributed by atoms with E-state index in [-0.39, 0.29) is 0 Å². The number of anilines is 3. The van der Waals surface area contributed by atoms with Gasteiger partial charge in [0.2, 0.25) is 0 Å². The number of benzene rings is 1. The number of aryl methyl sites for hydroxylation is 1. The largest absolute Gasteiger partial charge is 0.378 e. The fraction of sp³-hybridized carbons (Fsp3) is 0.214. The first-order valence-corrected chi connectivity index (χ1v) is 5.62. The summed E-state index contributed by atoms with van der Waals surface area (Å²) in [6.45, 7) is 2.07. The second-order valence-corrected chi connectivity index (χ2v) is 4.26. The molecule has 0 bridgehead atoms. The minimum absolute atomic E-state index is 1.04. The number of rotatable bonds is 3. The van der Waals surface area contributed by atoms with Gasteiger partial charge in [-0.15, -0.1) is 0 Å². The monoisotopic (exact) mass is 227 g/mol. The SMILES string of the molecule is Cc1ccncc1Nc1cccc(N(C)C)c1. The quantitative estimate of drug-likeness (QED) is 0.872. The van der Waals surface area contributed by atoms with Gasteiger partial charge in [0.1, 0.15) is 0 Å². The Balaban J connectivity index is 2.25. The van der Waals surface area contributed by atoms with Crippen LogP contribution >= 0.6 is 0 Å². The molecule has 17 heavy (non-hydrogen) atoms. The molecule has 0 saturated heterocycles. The first-order chi connectivity index (χ1) is 8.16. The van der Waals surface area contributed by atoms with Crippen LogP contribution < -0.4 is 10.2 Å². The molecule has 0 atom stereocenters. The van der Waals surface area contributed by atoms with Gasteiger partial charge >= 0.3 is 0 Å². The molecule has 2 rings (SSSR count). The first kappa shape index (κ1) is 11.5. The Morgan fingerprint density at radius 1 is 1.18 bits per heavy atom. The Labute approximate surface area is 102 Å². The molecule has 3 nitrogen and oxygen atoms in total. The van der Waals surface area contributed by atoms with E-state index in [0.717, 1.165) is 11.4 Å². The molecule has 0 radical (unpaired) electrons. The normalized spacial score (nSPS) is 10.1. The van der Waals surface area contributed by atoms with Crippen molar-refractivity contribution in [3.63, 3.8) is 0 Å². The van der Waals surface area contributed by atoms with Crippen molar-refractivity contribution < 1.29 is 0 Å². The average molecular weight is 227 g/mol. The molecule has 1 N–H and O–H groups in total. The highest BCUT2D eigenvalue weighted by Crippen LogP contribution is 2.22. The van der Waals surface area contributed by atoms with Crippen molar-refractivity contribution in [2.45, 2.75) is 6.92 Å². The summed E-state index contributed by atoms with van der Waals surface area (Å²) < 4.78 is 0. The van der Waals surface area contributed by atoms with Crippen LogP contribution in [0.25, 0.3) is 0 Å². The zero-order valence-electron chi connectivity index (χ0n) is 10.4. The van der Waals surface area contributed by atoms with Crippen LogP contribution in [0.15, 0.2) is 42.7 Å². The van der Waals surface area contributed by atoms with Crippen LogP contribution in [-0.4, -0.2) is 19.1 Å². The number of hydrogen-bond acceptors (Lipinski definition) is 3. The maximum absolute atomic E-state index is 4.13. The predicted octanol–water partition coefficient (Wildman–Crippen LogP) is 3.20. The van der Waals surface area contributed by atoms with Crippen molar-refractivity contribution in [1.82, 2.24) is 4.98 Å². The van der Waals surface area contributed by atoms with Crippen molar-refractivity contribution in [1.29, 1.82) is 0 Å².